The number of pyridine rings is 1. The van der Waals surface area contributed by atoms with Crippen molar-refractivity contribution < 1.29 is 46.2 Å². The number of alkyl halides is 3. The Labute approximate surface area is 195 Å². The minimum Gasteiger partial charge on any atom is -0.490 e. The van der Waals surface area contributed by atoms with Crippen molar-refractivity contribution in [3.05, 3.63) is 58.7 Å². The quantitative estimate of drug-likeness (QED) is 0.481. The molecule has 2 heterocycles. The largest absolute Gasteiger partial charge is 0.490 e. The zero-order chi connectivity index (χ0) is 26.3. The molecule has 0 saturated carbocycles. The number of nitrogens with two attached hydrogens (primary N) is 1. The molecule has 1 aliphatic rings. The maximum Gasteiger partial charge on any atom is 0.417 e. The first-order chi connectivity index (χ1) is 16.2. The number of benzene rings is 1. The summed E-state index contributed by atoms with van der Waals surface area (Å²) in [4.78, 5) is 28.3. The number of carbonyl (C=O) groups is 2. The fraction of sp³-hybridized carbons (Fsp3) is 0.409. The average molecular weight is 503 g/mol. The second kappa shape index (κ2) is 9.29. The van der Waals surface area contributed by atoms with E-state index in [1.54, 1.807) is 0 Å². The van der Waals surface area contributed by atoms with E-state index < -0.39 is 64.6 Å². The first-order valence-electron chi connectivity index (χ1n) is 10.4. The van der Waals surface area contributed by atoms with Crippen LogP contribution in [0.3, 0.4) is 0 Å². The zero-order valence-electron chi connectivity index (χ0n) is 18.8. The predicted molar refractivity (Wildman–Crippen MR) is 109 cm³/mol. The van der Waals surface area contributed by atoms with Gasteiger partial charge in [-0.3, -0.25) is 9.59 Å². The van der Waals surface area contributed by atoms with Crippen LogP contribution in [0.2, 0.25) is 0 Å². The second-order valence-corrected chi connectivity index (χ2v) is 8.10. The molecular weight excluding hydrogens is 481 g/mol. The highest BCUT2D eigenvalue weighted by atomic mass is 19.4. The highest BCUT2D eigenvalue weighted by molar-refractivity contribution is 5.91. The molecule has 190 valence electrons. The van der Waals surface area contributed by atoms with E-state index in [0.29, 0.717) is 4.73 Å². The number of rotatable bonds is 5. The summed E-state index contributed by atoms with van der Waals surface area (Å²) in [5.74, 6) is -8.46. The number of amides is 2. The summed E-state index contributed by atoms with van der Waals surface area (Å²) < 4.78 is 81.3. The van der Waals surface area contributed by atoms with Crippen molar-refractivity contribution in [1.29, 1.82) is 0 Å². The van der Waals surface area contributed by atoms with Crippen molar-refractivity contribution in [2.45, 2.75) is 44.6 Å². The van der Waals surface area contributed by atoms with Crippen molar-refractivity contribution in [1.82, 2.24) is 4.73 Å². The van der Waals surface area contributed by atoms with E-state index in [4.69, 9.17) is 15.2 Å². The van der Waals surface area contributed by atoms with Gasteiger partial charge in [-0.1, -0.05) is 13.0 Å². The van der Waals surface area contributed by atoms with Gasteiger partial charge in [-0.2, -0.15) is 22.3 Å². The maximum atomic E-state index is 14.5. The molecular formula is C22H22F5N3O5. The summed E-state index contributed by atoms with van der Waals surface area (Å²) in [6.45, 7) is 3.26. The molecule has 4 unspecified atom stereocenters. The first-order valence-corrected chi connectivity index (χ1v) is 10.4. The van der Waals surface area contributed by atoms with Crippen LogP contribution in [0.1, 0.15) is 42.7 Å². The summed E-state index contributed by atoms with van der Waals surface area (Å²) in [5, 5.41) is 9.42. The third-order valence-electron chi connectivity index (χ3n) is 6.05. The van der Waals surface area contributed by atoms with Gasteiger partial charge >= 0.3 is 6.18 Å². The summed E-state index contributed by atoms with van der Waals surface area (Å²) >= 11 is 0. The van der Waals surface area contributed by atoms with E-state index in [1.165, 1.54) is 13.8 Å². The SMILES string of the molecule is CCOc1c(C2C(C(=O)N=c3ccn(O)c(C(N)=O)c3)OC(C)(C(F)(F)F)C2C)ccc(F)c1F. The highest BCUT2D eigenvalue weighted by Crippen LogP contribution is 2.55. The molecule has 1 aliphatic heterocycles. The van der Waals surface area contributed by atoms with Gasteiger partial charge in [0.1, 0.15) is 11.8 Å². The summed E-state index contributed by atoms with van der Waals surface area (Å²) in [6, 6.07) is 3.81. The predicted octanol–water partition coefficient (Wildman–Crippen LogP) is 3.07. The minimum absolute atomic E-state index is 0.129. The fourth-order valence-electron chi connectivity index (χ4n) is 4.04. The Balaban J connectivity index is 2.19. The molecule has 0 radical (unpaired) electrons. The van der Waals surface area contributed by atoms with E-state index in [0.717, 1.165) is 37.4 Å². The second-order valence-electron chi connectivity index (χ2n) is 8.10. The zero-order valence-corrected chi connectivity index (χ0v) is 18.8. The Morgan fingerprint density at radius 1 is 1.29 bits per heavy atom. The number of hydrogen-bond donors (Lipinski definition) is 2. The molecule has 0 bridgehead atoms. The van der Waals surface area contributed by atoms with Crippen molar-refractivity contribution in [3.8, 4) is 5.75 Å². The van der Waals surface area contributed by atoms with Crippen LogP contribution in [0, 0.1) is 17.6 Å². The van der Waals surface area contributed by atoms with Crippen LogP contribution >= 0.6 is 0 Å². The van der Waals surface area contributed by atoms with Gasteiger partial charge in [-0.05, 0) is 32.0 Å². The van der Waals surface area contributed by atoms with Gasteiger partial charge in [0.2, 0.25) is 5.82 Å². The molecule has 2 amide bonds. The van der Waals surface area contributed by atoms with Gasteiger partial charge in [0, 0.05) is 23.6 Å². The monoisotopic (exact) mass is 503 g/mol. The van der Waals surface area contributed by atoms with E-state index in [2.05, 4.69) is 4.99 Å². The van der Waals surface area contributed by atoms with Crippen LogP contribution in [-0.2, 0) is 9.53 Å². The van der Waals surface area contributed by atoms with Crippen LogP contribution in [0.25, 0.3) is 0 Å². The standard InChI is InChI=1S/C22H22F5N3O5/c1-4-34-17-12(5-6-13(23)16(17)24)15-10(2)21(3,22(25,26)27)35-18(15)20(32)29-11-7-8-30(33)14(9-11)19(28)31/h5-10,15,18,33H,4H2,1-3H3,(H2,28,31). The number of ether oxygens (including phenoxy) is 2. The topological polar surface area (TPSA) is 116 Å². The fourth-order valence-corrected chi connectivity index (χ4v) is 4.04. The van der Waals surface area contributed by atoms with Crippen LogP contribution < -0.4 is 15.8 Å². The highest BCUT2D eigenvalue weighted by Gasteiger charge is 2.65. The molecule has 0 aliphatic carbocycles. The van der Waals surface area contributed by atoms with Gasteiger partial charge in [0.05, 0.1) is 12.0 Å². The number of halogens is 5. The van der Waals surface area contributed by atoms with Crippen LogP contribution in [0.15, 0.2) is 35.5 Å². The first kappa shape index (κ1) is 26.1. The molecule has 0 spiro atoms. The molecule has 3 rings (SSSR count). The van der Waals surface area contributed by atoms with Crippen molar-refractivity contribution in [3.63, 3.8) is 0 Å². The van der Waals surface area contributed by atoms with E-state index in [-0.39, 0.29) is 17.5 Å². The lowest BCUT2D eigenvalue weighted by atomic mass is 9.77. The Hall–Kier alpha value is -3.48. The Kier molecular flexibility index (Phi) is 6.93. The van der Waals surface area contributed by atoms with Gasteiger partial charge in [0.25, 0.3) is 11.8 Å². The van der Waals surface area contributed by atoms with E-state index in [1.807, 2.05) is 0 Å². The maximum absolute atomic E-state index is 14.5. The molecule has 13 heteroatoms. The van der Waals surface area contributed by atoms with Gasteiger partial charge in [-0.25, -0.2) is 9.38 Å². The van der Waals surface area contributed by atoms with Crippen LogP contribution in [0.5, 0.6) is 5.75 Å². The molecule has 3 N–H and O–H groups in total. The van der Waals surface area contributed by atoms with E-state index in [9.17, 15) is 36.7 Å². The van der Waals surface area contributed by atoms with Gasteiger partial charge < -0.3 is 20.4 Å². The van der Waals surface area contributed by atoms with Crippen LogP contribution in [-0.4, -0.2) is 46.2 Å². The minimum atomic E-state index is -4.93. The molecule has 4 atom stereocenters. The Morgan fingerprint density at radius 2 is 1.94 bits per heavy atom. The lowest BCUT2D eigenvalue weighted by molar-refractivity contribution is -0.272. The Bertz CT molecular complexity index is 1230. The summed E-state index contributed by atoms with van der Waals surface area (Å²) in [6.07, 6.45) is -5.86. The lowest BCUT2D eigenvalue weighted by Gasteiger charge is -2.32. The normalized spacial score (nSPS) is 25.0. The molecule has 2 aromatic rings. The van der Waals surface area contributed by atoms with Gasteiger partial charge in [0.15, 0.2) is 17.2 Å². The van der Waals surface area contributed by atoms with Gasteiger partial charge in [-0.15, -0.1) is 0 Å². The number of primary amides is 1. The summed E-state index contributed by atoms with van der Waals surface area (Å²) in [5.41, 5.74) is 1.65. The smallest absolute Gasteiger partial charge is 0.417 e. The number of nitrogens with zero attached hydrogens (tertiary/aromatic N) is 2. The molecule has 35 heavy (non-hydrogen) atoms. The van der Waals surface area contributed by atoms with Crippen molar-refractivity contribution in [2.24, 2.45) is 16.6 Å². The molecule has 1 saturated heterocycles. The summed E-state index contributed by atoms with van der Waals surface area (Å²) in [7, 11) is 0. The molecule has 1 fully saturated rings. The average Bonchev–Trinajstić information content (AvgIpc) is 3.05. The molecule has 1 aromatic heterocycles. The molecule has 1 aromatic carbocycles. The Morgan fingerprint density at radius 3 is 2.51 bits per heavy atom. The lowest BCUT2D eigenvalue weighted by Crippen LogP contribution is -2.47. The number of aromatic nitrogens is 1. The van der Waals surface area contributed by atoms with E-state index >= 15 is 0 Å². The van der Waals surface area contributed by atoms with Crippen molar-refractivity contribution in [2.75, 3.05) is 6.61 Å². The number of hydrogen-bond acceptors (Lipinski definition) is 5. The molecule has 8 nitrogen and oxygen atoms in total. The number of carbonyl (C=O) groups excluding carboxylic acids is 2. The van der Waals surface area contributed by atoms with Crippen molar-refractivity contribution >= 4 is 11.8 Å². The third kappa shape index (κ3) is 4.59. The van der Waals surface area contributed by atoms with Crippen LogP contribution in [0.4, 0.5) is 22.0 Å². The third-order valence-corrected chi connectivity index (χ3v) is 6.05.